The zero-order valence-electron chi connectivity index (χ0n) is 36.2. The van der Waals surface area contributed by atoms with Gasteiger partial charge in [-0.05, 0) is 30.7 Å². The van der Waals surface area contributed by atoms with Crippen LogP contribution in [0.1, 0.15) is 69.1 Å². The molecule has 0 radical (unpaired) electrons. The Morgan fingerprint density at radius 3 is 0.877 bits per heavy atom. The van der Waals surface area contributed by atoms with E-state index in [1.165, 1.54) is 11.3 Å². The molecule has 0 aliphatic rings. The van der Waals surface area contributed by atoms with Gasteiger partial charge in [-0.15, -0.1) is 0 Å². The molecule has 0 bridgehead atoms. The first-order chi connectivity index (χ1) is 33.1. The van der Waals surface area contributed by atoms with Gasteiger partial charge in [0, 0.05) is 5.56 Å². The fourth-order valence-electron chi connectivity index (χ4n) is 7.83. The molecule has 5 aromatic carbocycles. The summed E-state index contributed by atoms with van der Waals surface area (Å²) in [6.07, 6.45) is -46.6. The quantitative estimate of drug-likeness (QED) is 0.0843. The lowest BCUT2D eigenvalue weighted by Crippen LogP contribution is -2.75. The minimum atomic E-state index is -6.13. The topological polar surface area (TPSA) is 16.8 Å². The lowest BCUT2D eigenvalue weighted by molar-refractivity contribution is -0.689. The molecule has 6 rings (SSSR count). The standard InChI is InChI=1S/C32H12BF24.C14H17N2/c34-25(35,36)13-1-14(26(37,38)39)6-21(5-13)33(22-7-15(27(40,41)42)2-16(8-22)28(43,44)45,23-9-17(29(46,47)48)3-18(10-23)30(49,50)51)24-11-19(31(52,53)54)4-20(12-24)32(55,56)57;1-2-6-14-12-16(10-9-15-14)11-13-7-4-3-5-8-13/h1-12H;3-5,7-10,12H,2,6,11H2,1H3/q-1;+1. The fraction of sp³-hybridized carbons (Fsp3) is 0.261. The van der Waals surface area contributed by atoms with Crippen LogP contribution >= 0.6 is 0 Å². The van der Waals surface area contributed by atoms with E-state index in [2.05, 4.69) is 46.9 Å². The van der Waals surface area contributed by atoms with Crippen molar-refractivity contribution in [3.8, 4) is 0 Å². The molecule has 0 saturated carbocycles. The van der Waals surface area contributed by atoms with E-state index >= 15 is 0 Å². The van der Waals surface area contributed by atoms with Crippen molar-refractivity contribution in [3.05, 3.63) is 177 Å². The highest BCUT2D eigenvalue weighted by Crippen LogP contribution is 2.41. The van der Waals surface area contributed by atoms with Crippen LogP contribution in [0.3, 0.4) is 0 Å². The third-order valence-electron chi connectivity index (χ3n) is 11.0. The average molecular weight is 1080 g/mol. The van der Waals surface area contributed by atoms with Crippen LogP contribution in [-0.4, -0.2) is 11.1 Å². The molecule has 0 amide bonds. The first-order valence-electron chi connectivity index (χ1n) is 20.4. The maximum Gasteiger partial charge on any atom is 0.416 e. The fourth-order valence-corrected chi connectivity index (χ4v) is 7.83. The third-order valence-corrected chi connectivity index (χ3v) is 11.0. The highest BCUT2D eigenvalue weighted by molar-refractivity contribution is 7.20. The molecule has 0 spiro atoms. The van der Waals surface area contributed by atoms with Crippen molar-refractivity contribution in [1.29, 1.82) is 0 Å². The van der Waals surface area contributed by atoms with Crippen molar-refractivity contribution in [2.75, 3.05) is 0 Å². The lowest BCUT2D eigenvalue weighted by atomic mass is 9.12. The number of rotatable bonds is 8. The van der Waals surface area contributed by atoms with Crippen LogP contribution in [0.5, 0.6) is 0 Å². The summed E-state index contributed by atoms with van der Waals surface area (Å²) in [4.78, 5) is 4.35. The van der Waals surface area contributed by atoms with E-state index < -0.39 is 195 Å². The molecule has 0 N–H and O–H groups in total. The molecule has 2 nitrogen and oxygen atoms in total. The van der Waals surface area contributed by atoms with Crippen molar-refractivity contribution in [2.24, 2.45) is 0 Å². The van der Waals surface area contributed by atoms with Gasteiger partial charge < -0.3 is 0 Å². The number of halogens is 24. The SMILES string of the molecule is CCCc1c[n+](Cc2ccccc2)ccn1.FC(F)(F)c1cc([B-](c2cc(C(F)(F)F)cc(C(F)(F)F)c2)(c2cc(C(F)(F)F)cc(C(F)(F)F)c2)c2cc(C(F)(F)F)cc(C(F)(F)F)c2)cc(C(F)(F)F)c1. The van der Waals surface area contributed by atoms with Crippen LogP contribution in [0.4, 0.5) is 105 Å². The first kappa shape index (κ1) is 57.5. The summed E-state index contributed by atoms with van der Waals surface area (Å²) in [6.45, 7) is 3.09. The van der Waals surface area contributed by atoms with E-state index in [0.717, 1.165) is 19.4 Å². The van der Waals surface area contributed by atoms with E-state index in [0.29, 0.717) is 0 Å². The summed E-state index contributed by atoms with van der Waals surface area (Å²) in [5.74, 6) is 0. The van der Waals surface area contributed by atoms with Gasteiger partial charge in [0.2, 0.25) is 0 Å². The highest BCUT2D eigenvalue weighted by atomic mass is 19.4. The number of nitrogens with zero attached hydrogens (tertiary/aromatic N) is 2. The van der Waals surface area contributed by atoms with E-state index in [1.54, 1.807) is 0 Å². The van der Waals surface area contributed by atoms with Gasteiger partial charge in [0.15, 0.2) is 18.9 Å². The lowest BCUT2D eigenvalue weighted by Gasteiger charge is -2.46. The maximum atomic E-state index is 14.2. The summed E-state index contributed by atoms with van der Waals surface area (Å²) >= 11 is 0. The number of alkyl halides is 24. The summed E-state index contributed by atoms with van der Waals surface area (Å²) in [7, 11) is 0. The summed E-state index contributed by atoms with van der Waals surface area (Å²) in [5, 5.41) is 0. The molecule has 73 heavy (non-hydrogen) atoms. The minimum Gasteiger partial charge on any atom is -0.249 e. The molecule has 6 aromatic rings. The Kier molecular flexibility index (Phi) is 15.8. The number of benzene rings is 5. The van der Waals surface area contributed by atoms with Gasteiger partial charge in [-0.1, -0.05) is 92.2 Å². The summed E-state index contributed by atoms with van der Waals surface area (Å²) in [5.41, 5.74) is -27.7. The average Bonchev–Trinajstić information content (AvgIpc) is 3.25. The van der Waals surface area contributed by atoms with Crippen LogP contribution in [0.15, 0.2) is 122 Å². The van der Waals surface area contributed by atoms with Gasteiger partial charge >= 0.3 is 49.4 Å². The van der Waals surface area contributed by atoms with Gasteiger partial charge in [0.05, 0.1) is 50.7 Å². The van der Waals surface area contributed by atoms with Gasteiger partial charge in [-0.3, -0.25) is 0 Å². The summed E-state index contributed by atoms with van der Waals surface area (Å²) < 4.78 is 343. The van der Waals surface area contributed by atoms with Gasteiger partial charge in [0.1, 0.15) is 11.8 Å². The molecule has 0 saturated heterocycles. The second kappa shape index (κ2) is 20.1. The van der Waals surface area contributed by atoms with E-state index in [1.807, 2.05) is 18.5 Å². The Morgan fingerprint density at radius 2 is 0.644 bits per heavy atom. The predicted molar refractivity (Wildman–Crippen MR) is 214 cm³/mol. The maximum absolute atomic E-state index is 14.2. The second-order valence-corrected chi connectivity index (χ2v) is 16.2. The van der Waals surface area contributed by atoms with Crippen molar-refractivity contribution in [3.63, 3.8) is 0 Å². The van der Waals surface area contributed by atoms with Crippen LogP contribution in [0.2, 0.25) is 0 Å². The van der Waals surface area contributed by atoms with Gasteiger partial charge in [0.25, 0.3) is 0 Å². The zero-order chi connectivity index (χ0) is 55.1. The van der Waals surface area contributed by atoms with E-state index in [4.69, 9.17) is 0 Å². The Bertz CT molecular complexity index is 2450. The van der Waals surface area contributed by atoms with E-state index in [-0.39, 0.29) is 0 Å². The molecule has 1 aromatic heterocycles. The zero-order valence-corrected chi connectivity index (χ0v) is 36.2. The second-order valence-electron chi connectivity index (χ2n) is 16.2. The molecule has 394 valence electrons. The monoisotopic (exact) mass is 1080 g/mol. The van der Waals surface area contributed by atoms with Crippen LogP contribution in [0.25, 0.3) is 0 Å². The number of hydrogen-bond donors (Lipinski definition) is 0. The van der Waals surface area contributed by atoms with Crippen molar-refractivity contribution in [1.82, 2.24) is 4.98 Å². The normalized spacial score (nSPS) is 13.4. The Labute approximate surface area is 395 Å². The predicted octanol–water partition coefficient (Wildman–Crippen LogP) is 13.6. The molecule has 0 fully saturated rings. The van der Waals surface area contributed by atoms with Crippen LogP contribution < -0.4 is 26.4 Å². The highest BCUT2D eigenvalue weighted by Gasteiger charge is 2.47. The molecule has 0 unspecified atom stereocenters. The largest absolute Gasteiger partial charge is 0.416 e. The molecular formula is C46H29BF24N2. The Morgan fingerprint density at radius 1 is 0.384 bits per heavy atom. The van der Waals surface area contributed by atoms with Crippen molar-refractivity contribution >= 4 is 28.0 Å². The molecular weight excluding hydrogens is 1050 g/mol. The van der Waals surface area contributed by atoms with Crippen LogP contribution in [0, 0.1) is 0 Å². The number of aromatic nitrogens is 2. The van der Waals surface area contributed by atoms with E-state index in [9.17, 15) is 105 Å². The first-order valence-corrected chi connectivity index (χ1v) is 20.4. The van der Waals surface area contributed by atoms with Crippen molar-refractivity contribution < 1.29 is 110 Å². The van der Waals surface area contributed by atoms with Gasteiger partial charge in [-0.25, -0.2) is 4.98 Å². The Balaban J connectivity index is 0.000000520. The summed E-state index contributed by atoms with van der Waals surface area (Å²) in [6, 6.07) is 1.67. The van der Waals surface area contributed by atoms with Crippen molar-refractivity contribution in [2.45, 2.75) is 75.7 Å². The number of hydrogen-bond acceptors (Lipinski definition) is 1. The van der Waals surface area contributed by atoms with Gasteiger partial charge in [-0.2, -0.15) is 132 Å². The molecule has 0 aliphatic heterocycles. The smallest absolute Gasteiger partial charge is 0.249 e. The van der Waals surface area contributed by atoms with Crippen LogP contribution in [-0.2, 0) is 62.4 Å². The molecule has 0 atom stereocenters. The molecule has 27 heteroatoms. The number of aryl methyl sites for hydroxylation is 1. The Hall–Kier alpha value is -6.44. The molecule has 0 aliphatic carbocycles. The molecule has 1 heterocycles. The third kappa shape index (κ3) is 13.8. The minimum absolute atomic E-state index is 0.691.